The first-order valence-corrected chi connectivity index (χ1v) is 7.97. The molecule has 0 aliphatic heterocycles. The van der Waals surface area contributed by atoms with Crippen molar-refractivity contribution in [2.24, 2.45) is 18.0 Å². The number of guanidine groups is 1. The van der Waals surface area contributed by atoms with E-state index in [9.17, 15) is 0 Å². The molecule has 0 spiro atoms. The average molecular weight is 314 g/mol. The summed E-state index contributed by atoms with van der Waals surface area (Å²) in [6.07, 6.45) is 0. The second-order valence-electron chi connectivity index (χ2n) is 6.00. The molecule has 124 valence electrons. The Balaban J connectivity index is 1.99. The van der Waals surface area contributed by atoms with Gasteiger partial charge in [0.25, 0.3) is 0 Å². The van der Waals surface area contributed by atoms with Gasteiger partial charge in [0.05, 0.1) is 13.1 Å². The van der Waals surface area contributed by atoms with Crippen molar-refractivity contribution in [2.45, 2.75) is 33.9 Å². The predicted molar refractivity (Wildman–Crippen MR) is 93.0 cm³/mol. The van der Waals surface area contributed by atoms with Gasteiger partial charge < -0.3 is 15.2 Å². The van der Waals surface area contributed by atoms with Crippen molar-refractivity contribution < 1.29 is 0 Å². The molecule has 0 bridgehead atoms. The van der Waals surface area contributed by atoms with Gasteiger partial charge in [-0.15, -0.1) is 10.2 Å². The number of rotatable bonds is 6. The number of hydrogen-bond donors (Lipinski definition) is 2. The highest BCUT2D eigenvalue weighted by atomic mass is 15.3. The molecule has 0 radical (unpaired) electrons. The van der Waals surface area contributed by atoms with Gasteiger partial charge >= 0.3 is 0 Å². The van der Waals surface area contributed by atoms with Gasteiger partial charge in [0.2, 0.25) is 0 Å². The highest BCUT2D eigenvalue weighted by Crippen LogP contribution is 2.01. The minimum atomic E-state index is 0.552. The molecule has 0 fully saturated rings. The zero-order valence-electron chi connectivity index (χ0n) is 14.4. The Kier molecular flexibility index (Phi) is 6.14. The zero-order valence-corrected chi connectivity index (χ0v) is 14.4. The van der Waals surface area contributed by atoms with Crippen LogP contribution in [0.2, 0.25) is 0 Å². The Labute approximate surface area is 138 Å². The van der Waals surface area contributed by atoms with E-state index in [0.29, 0.717) is 19.0 Å². The second-order valence-corrected chi connectivity index (χ2v) is 6.00. The molecule has 2 N–H and O–H groups in total. The van der Waals surface area contributed by atoms with Crippen LogP contribution in [-0.4, -0.2) is 27.3 Å². The Morgan fingerprint density at radius 2 is 1.91 bits per heavy atom. The van der Waals surface area contributed by atoms with E-state index in [1.165, 1.54) is 5.56 Å². The SMILES string of the molecule is Cc1nnc(CNC(=NCc2ccccc2)NCC(C)C)n1C. The Hall–Kier alpha value is -2.37. The number of benzene rings is 1. The van der Waals surface area contributed by atoms with Crippen molar-refractivity contribution >= 4 is 5.96 Å². The van der Waals surface area contributed by atoms with E-state index in [1.54, 1.807) is 0 Å². The smallest absolute Gasteiger partial charge is 0.191 e. The first-order valence-electron chi connectivity index (χ1n) is 7.97. The molecule has 0 amide bonds. The third-order valence-electron chi connectivity index (χ3n) is 3.54. The van der Waals surface area contributed by atoms with Crippen molar-refractivity contribution in [3.63, 3.8) is 0 Å². The van der Waals surface area contributed by atoms with Crippen LogP contribution >= 0.6 is 0 Å². The van der Waals surface area contributed by atoms with E-state index in [2.05, 4.69) is 51.8 Å². The molecule has 0 aliphatic rings. The lowest BCUT2D eigenvalue weighted by atomic mass is 10.2. The Morgan fingerprint density at radius 3 is 2.52 bits per heavy atom. The molecule has 6 nitrogen and oxygen atoms in total. The van der Waals surface area contributed by atoms with Crippen LogP contribution in [0, 0.1) is 12.8 Å². The molecule has 1 aromatic carbocycles. The monoisotopic (exact) mass is 314 g/mol. The lowest BCUT2D eigenvalue weighted by Gasteiger charge is -2.14. The van der Waals surface area contributed by atoms with E-state index in [4.69, 9.17) is 0 Å². The van der Waals surface area contributed by atoms with Crippen molar-refractivity contribution in [1.29, 1.82) is 0 Å². The summed E-state index contributed by atoms with van der Waals surface area (Å²) in [4.78, 5) is 4.65. The van der Waals surface area contributed by atoms with Crippen LogP contribution in [0.3, 0.4) is 0 Å². The normalized spacial score (nSPS) is 11.8. The third-order valence-corrected chi connectivity index (χ3v) is 3.54. The predicted octanol–water partition coefficient (Wildman–Crippen LogP) is 2.01. The quantitative estimate of drug-likeness (QED) is 0.632. The van der Waals surface area contributed by atoms with Gasteiger partial charge in [-0.2, -0.15) is 0 Å². The number of aromatic nitrogens is 3. The molecule has 6 heteroatoms. The maximum atomic E-state index is 4.65. The van der Waals surface area contributed by atoms with E-state index < -0.39 is 0 Å². The summed E-state index contributed by atoms with van der Waals surface area (Å²) in [6, 6.07) is 10.2. The first kappa shape index (κ1) is 17.0. The van der Waals surface area contributed by atoms with Crippen molar-refractivity contribution in [2.75, 3.05) is 6.54 Å². The summed E-state index contributed by atoms with van der Waals surface area (Å²) in [5.74, 6) is 3.14. The minimum Gasteiger partial charge on any atom is -0.356 e. The lowest BCUT2D eigenvalue weighted by Crippen LogP contribution is -2.39. The number of aryl methyl sites for hydroxylation is 1. The fourth-order valence-electron chi connectivity index (χ4n) is 2.00. The van der Waals surface area contributed by atoms with Gasteiger partial charge in [-0.1, -0.05) is 44.2 Å². The molecular formula is C17H26N6. The lowest BCUT2D eigenvalue weighted by molar-refractivity contribution is 0.610. The van der Waals surface area contributed by atoms with Crippen LogP contribution in [0.15, 0.2) is 35.3 Å². The molecule has 2 rings (SSSR count). The van der Waals surface area contributed by atoms with Gasteiger partial charge in [-0.25, -0.2) is 4.99 Å². The van der Waals surface area contributed by atoms with Crippen LogP contribution in [-0.2, 0) is 20.1 Å². The second kappa shape index (κ2) is 8.31. The summed E-state index contributed by atoms with van der Waals surface area (Å²) in [7, 11) is 1.97. The standard InChI is InChI=1S/C17H26N6/c1-13(2)10-18-17(19-11-15-8-6-5-7-9-15)20-12-16-22-21-14(3)23(16)4/h5-9,13H,10-12H2,1-4H3,(H2,18,19,20). The van der Waals surface area contributed by atoms with Crippen LogP contribution in [0.5, 0.6) is 0 Å². The van der Waals surface area contributed by atoms with Crippen molar-refractivity contribution in [3.05, 3.63) is 47.5 Å². The summed E-state index contributed by atoms with van der Waals surface area (Å²) in [5, 5.41) is 14.9. The average Bonchev–Trinajstić information content (AvgIpc) is 2.87. The van der Waals surface area contributed by atoms with E-state index in [0.717, 1.165) is 24.2 Å². The molecule has 0 saturated carbocycles. The molecular weight excluding hydrogens is 288 g/mol. The summed E-state index contributed by atoms with van der Waals surface area (Å²) < 4.78 is 1.98. The first-order chi connectivity index (χ1) is 11.1. The molecule has 1 heterocycles. The number of hydrogen-bond acceptors (Lipinski definition) is 3. The van der Waals surface area contributed by atoms with Gasteiger partial charge in [-0.3, -0.25) is 0 Å². The fourth-order valence-corrected chi connectivity index (χ4v) is 2.00. The number of nitrogens with one attached hydrogen (secondary N) is 2. The summed E-state index contributed by atoms with van der Waals surface area (Å²) >= 11 is 0. The molecule has 0 atom stereocenters. The van der Waals surface area contributed by atoms with Crippen LogP contribution in [0.1, 0.15) is 31.1 Å². The fraction of sp³-hybridized carbons (Fsp3) is 0.471. The molecule has 0 saturated heterocycles. The maximum absolute atomic E-state index is 4.65. The zero-order chi connectivity index (χ0) is 16.7. The van der Waals surface area contributed by atoms with Crippen LogP contribution in [0.25, 0.3) is 0 Å². The molecule has 2 aromatic rings. The Bertz CT molecular complexity index is 630. The van der Waals surface area contributed by atoms with Gasteiger partial charge in [0, 0.05) is 13.6 Å². The maximum Gasteiger partial charge on any atom is 0.191 e. The van der Waals surface area contributed by atoms with Gasteiger partial charge in [-0.05, 0) is 18.4 Å². The molecule has 0 unspecified atom stereocenters. The van der Waals surface area contributed by atoms with Gasteiger partial charge in [0.15, 0.2) is 11.8 Å². The Morgan fingerprint density at radius 1 is 1.17 bits per heavy atom. The van der Waals surface area contributed by atoms with Crippen LogP contribution in [0.4, 0.5) is 0 Å². The summed E-state index contributed by atoms with van der Waals surface area (Å²) in [5.41, 5.74) is 1.19. The summed E-state index contributed by atoms with van der Waals surface area (Å²) in [6.45, 7) is 8.40. The molecule has 0 aliphatic carbocycles. The largest absolute Gasteiger partial charge is 0.356 e. The highest BCUT2D eigenvalue weighted by molar-refractivity contribution is 5.79. The number of aliphatic imine (C=N–C) groups is 1. The van der Waals surface area contributed by atoms with E-state index in [1.807, 2.05) is 36.7 Å². The van der Waals surface area contributed by atoms with E-state index >= 15 is 0 Å². The van der Waals surface area contributed by atoms with Gasteiger partial charge in [0.1, 0.15) is 5.82 Å². The topological polar surface area (TPSA) is 67.1 Å². The minimum absolute atomic E-state index is 0.552. The number of nitrogens with zero attached hydrogens (tertiary/aromatic N) is 4. The van der Waals surface area contributed by atoms with Crippen molar-refractivity contribution in [1.82, 2.24) is 25.4 Å². The molecule has 23 heavy (non-hydrogen) atoms. The van der Waals surface area contributed by atoms with E-state index in [-0.39, 0.29) is 0 Å². The third kappa shape index (κ3) is 5.39. The highest BCUT2D eigenvalue weighted by Gasteiger charge is 2.06. The van der Waals surface area contributed by atoms with Crippen LogP contribution < -0.4 is 10.6 Å². The molecule has 1 aromatic heterocycles. The van der Waals surface area contributed by atoms with Crippen molar-refractivity contribution in [3.8, 4) is 0 Å².